The van der Waals surface area contributed by atoms with E-state index in [0.717, 1.165) is 16.7 Å². The van der Waals surface area contributed by atoms with E-state index in [2.05, 4.69) is 0 Å². The largest absolute Gasteiger partial charge is 0.488 e. The van der Waals surface area contributed by atoms with Gasteiger partial charge in [0.25, 0.3) is 0 Å². The van der Waals surface area contributed by atoms with Gasteiger partial charge in [-0.1, -0.05) is 11.6 Å². The normalized spacial score (nSPS) is 10.3. The van der Waals surface area contributed by atoms with Crippen molar-refractivity contribution in [3.63, 3.8) is 0 Å². The number of aryl methyl sites for hydroxylation is 2. The van der Waals surface area contributed by atoms with E-state index in [1.807, 2.05) is 33.8 Å². The molecule has 0 radical (unpaired) electrons. The number of hydrogen-bond donors (Lipinski definition) is 2. The van der Waals surface area contributed by atoms with Crippen LogP contribution in [0.25, 0.3) is 0 Å². The average molecular weight is 178 g/mol. The second-order valence-corrected chi connectivity index (χ2v) is 3.55. The van der Waals surface area contributed by atoms with Crippen LogP contribution in [-0.2, 0) is 0 Å². The van der Waals surface area contributed by atoms with Gasteiger partial charge in [0.1, 0.15) is 0 Å². The molecule has 0 bridgehead atoms. The minimum atomic E-state index is -1.36. The summed E-state index contributed by atoms with van der Waals surface area (Å²) in [6.07, 6.45) is 0. The summed E-state index contributed by atoms with van der Waals surface area (Å²) in [5.41, 5.74) is 4.89. The first-order chi connectivity index (χ1) is 5.95. The molecule has 0 aliphatic rings. The maximum absolute atomic E-state index is 9.16. The van der Waals surface area contributed by atoms with Crippen LogP contribution in [0.4, 0.5) is 0 Å². The smallest absolute Gasteiger partial charge is 0.423 e. The van der Waals surface area contributed by atoms with Gasteiger partial charge in [-0.25, -0.2) is 0 Å². The Kier molecular flexibility index (Phi) is 2.79. The second-order valence-electron chi connectivity index (χ2n) is 3.55. The fourth-order valence-electron chi connectivity index (χ4n) is 1.70. The van der Waals surface area contributed by atoms with E-state index in [1.54, 1.807) is 0 Å². The van der Waals surface area contributed by atoms with Crippen molar-refractivity contribution in [1.82, 2.24) is 0 Å². The lowest BCUT2D eigenvalue weighted by Crippen LogP contribution is -2.35. The molecule has 0 aliphatic carbocycles. The van der Waals surface area contributed by atoms with Crippen molar-refractivity contribution in [2.75, 3.05) is 0 Å². The van der Waals surface area contributed by atoms with Crippen LogP contribution in [0.3, 0.4) is 0 Å². The van der Waals surface area contributed by atoms with E-state index in [9.17, 15) is 0 Å². The van der Waals surface area contributed by atoms with Crippen molar-refractivity contribution >= 4 is 12.6 Å². The van der Waals surface area contributed by atoms with Crippen LogP contribution in [0.1, 0.15) is 22.3 Å². The molecule has 2 N–H and O–H groups in total. The predicted molar refractivity (Wildman–Crippen MR) is 55.2 cm³/mol. The molecule has 3 heteroatoms. The molecule has 0 atom stereocenters. The zero-order valence-electron chi connectivity index (χ0n) is 8.55. The van der Waals surface area contributed by atoms with Gasteiger partial charge in [0, 0.05) is 0 Å². The summed E-state index contributed by atoms with van der Waals surface area (Å²) in [6.45, 7) is 7.84. The van der Waals surface area contributed by atoms with Gasteiger partial charge in [-0.2, -0.15) is 0 Å². The van der Waals surface area contributed by atoms with E-state index in [0.29, 0.717) is 5.46 Å². The molecule has 0 aliphatic heterocycles. The van der Waals surface area contributed by atoms with E-state index < -0.39 is 7.12 Å². The van der Waals surface area contributed by atoms with Gasteiger partial charge in [0.15, 0.2) is 0 Å². The molecule has 13 heavy (non-hydrogen) atoms. The number of benzene rings is 1. The molecule has 0 spiro atoms. The highest BCUT2D eigenvalue weighted by Gasteiger charge is 2.18. The number of hydrogen-bond acceptors (Lipinski definition) is 2. The zero-order valence-corrected chi connectivity index (χ0v) is 8.55. The maximum atomic E-state index is 9.16. The van der Waals surface area contributed by atoms with Crippen LogP contribution < -0.4 is 5.46 Å². The van der Waals surface area contributed by atoms with Gasteiger partial charge < -0.3 is 10.0 Å². The Hall–Kier alpha value is -0.795. The molecule has 1 rings (SSSR count). The summed E-state index contributed by atoms with van der Waals surface area (Å²) in [6, 6.07) is 1.98. The summed E-state index contributed by atoms with van der Waals surface area (Å²) in [5, 5.41) is 18.3. The average Bonchev–Trinajstić information content (AvgIpc) is 1.99. The van der Waals surface area contributed by atoms with E-state index in [-0.39, 0.29) is 0 Å². The van der Waals surface area contributed by atoms with Crippen LogP contribution in [0, 0.1) is 27.7 Å². The molecule has 70 valence electrons. The second kappa shape index (κ2) is 3.52. The van der Waals surface area contributed by atoms with Gasteiger partial charge in [0.05, 0.1) is 0 Å². The van der Waals surface area contributed by atoms with Crippen LogP contribution in [-0.4, -0.2) is 17.2 Å². The van der Waals surface area contributed by atoms with E-state index in [1.165, 1.54) is 5.56 Å². The van der Waals surface area contributed by atoms with Crippen molar-refractivity contribution in [3.8, 4) is 0 Å². The fourth-order valence-corrected chi connectivity index (χ4v) is 1.70. The van der Waals surface area contributed by atoms with E-state index >= 15 is 0 Å². The Morgan fingerprint density at radius 1 is 0.923 bits per heavy atom. The molecule has 1 aromatic carbocycles. The zero-order chi connectivity index (χ0) is 10.2. The fraction of sp³-hybridized carbons (Fsp3) is 0.400. The lowest BCUT2D eigenvalue weighted by atomic mass is 9.72. The maximum Gasteiger partial charge on any atom is 0.488 e. The SMILES string of the molecule is Cc1cc(C)c(B(O)O)c(C)c1C. The summed E-state index contributed by atoms with van der Waals surface area (Å²) in [4.78, 5) is 0. The van der Waals surface area contributed by atoms with Crippen LogP contribution >= 0.6 is 0 Å². The summed E-state index contributed by atoms with van der Waals surface area (Å²) in [5.74, 6) is 0. The van der Waals surface area contributed by atoms with Crippen molar-refractivity contribution < 1.29 is 10.0 Å². The quantitative estimate of drug-likeness (QED) is 0.618. The molecule has 0 aromatic heterocycles. The first-order valence-corrected chi connectivity index (χ1v) is 4.38. The molecule has 1 aromatic rings. The van der Waals surface area contributed by atoms with Gasteiger partial charge in [-0.15, -0.1) is 0 Å². The molecule has 0 saturated carbocycles. The van der Waals surface area contributed by atoms with Gasteiger partial charge in [-0.3, -0.25) is 0 Å². The number of rotatable bonds is 1. The van der Waals surface area contributed by atoms with Gasteiger partial charge >= 0.3 is 7.12 Å². The van der Waals surface area contributed by atoms with Crippen molar-refractivity contribution in [2.45, 2.75) is 27.7 Å². The Balaban J connectivity index is 3.44. The van der Waals surface area contributed by atoms with Gasteiger partial charge in [-0.05, 0) is 49.8 Å². The third kappa shape index (κ3) is 1.76. The Bertz CT molecular complexity index is 332. The first kappa shape index (κ1) is 10.3. The Morgan fingerprint density at radius 3 is 1.92 bits per heavy atom. The molecule has 2 nitrogen and oxygen atoms in total. The minimum absolute atomic E-state index is 0.642. The minimum Gasteiger partial charge on any atom is -0.423 e. The molecule has 0 amide bonds. The molecule has 0 heterocycles. The highest BCUT2D eigenvalue weighted by molar-refractivity contribution is 6.59. The summed E-state index contributed by atoms with van der Waals surface area (Å²) >= 11 is 0. The molecule has 0 saturated heterocycles. The standard InChI is InChI=1S/C10H15BO2/c1-6-5-7(2)10(11(12)13)9(4)8(6)3/h5,12-13H,1-4H3. The summed E-state index contributed by atoms with van der Waals surface area (Å²) in [7, 11) is -1.36. The lowest BCUT2D eigenvalue weighted by molar-refractivity contribution is 0.425. The van der Waals surface area contributed by atoms with Crippen LogP contribution in [0.2, 0.25) is 0 Å². The molecular weight excluding hydrogens is 163 g/mol. The topological polar surface area (TPSA) is 40.5 Å². The predicted octanol–water partition coefficient (Wildman–Crippen LogP) is 0.600. The first-order valence-electron chi connectivity index (χ1n) is 4.38. The third-order valence-electron chi connectivity index (χ3n) is 2.67. The highest BCUT2D eigenvalue weighted by Crippen LogP contribution is 2.13. The lowest BCUT2D eigenvalue weighted by Gasteiger charge is -2.13. The summed E-state index contributed by atoms with van der Waals surface area (Å²) < 4.78 is 0. The van der Waals surface area contributed by atoms with Crippen molar-refractivity contribution in [2.24, 2.45) is 0 Å². The van der Waals surface area contributed by atoms with Crippen LogP contribution in [0.5, 0.6) is 0 Å². The van der Waals surface area contributed by atoms with Crippen molar-refractivity contribution in [3.05, 3.63) is 28.3 Å². The van der Waals surface area contributed by atoms with Crippen LogP contribution in [0.15, 0.2) is 6.07 Å². The van der Waals surface area contributed by atoms with E-state index in [4.69, 9.17) is 10.0 Å². The Morgan fingerprint density at radius 2 is 1.46 bits per heavy atom. The van der Waals surface area contributed by atoms with Gasteiger partial charge in [0.2, 0.25) is 0 Å². The molecule has 0 unspecified atom stereocenters. The monoisotopic (exact) mass is 178 g/mol. The van der Waals surface area contributed by atoms with Crippen molar-refractivity contribution in [1.29, 1.82) is 0 Å². The Labute approximate surface area is 79.4 Å². The molecule has 0 fully saturated rings. The highest BCUT2D eigenvalue weighted by atomic mass is 16.4. The molecular formula is C10H15BO2. The third-order valence-corrected chi connectivity index (χ3v) is 2.67.